The summed E-state index contributed by atoms with van der Waals surface area (Å²) in [5.74, 6) is -0.290. The molecule has 0 bridgehead atoms. The average molecular weight is 365 g/mol. The quantitative estimate of drug-likeness (QED) is 0.549. The van der Waals surface area contributed by atoms with Crippen molar-refractivity contribution in [3.05, 3.63) is 21.6 Å². The van der Waals surface area contributed by atoms with Gasteiger partial charge in [0.25, 0.3) is 5.56 Å². The molecule has 2 heterocycles. The van der Waals surface area contributed by atoms with E-state index in [1.54, 1.807) is 6.92 Å². The first-order valence-electron chi connectivity index (χ1n) is 8.14. The van der Waals surface area contributed by atoms with Crippen molar-refractivity contribution >= 4 is 29.4 Å². The molecule has 0 unspecified atom stereocenters. The minimum absolute atomic E-state index is 0.0914. The van der Waals surface area contributed by atoms with Gasteiger partial charge in [0.15, 0.2) is 5.16 Å². The Kier molecular flexibility index (Phi) is 5.37. The standard InChI is InChI=1S/C15H19N5O4S/c1-2-24-12(22)7-16-11(21)8-25-15-19-18-14-17-13(23)9-5-3-4-6-10(9)20(14)15/h2-8H2,1H3,(H,16,21)(H,17,18,23). The van der Waals surface area contributed by atoms with Crippen LogP contribution in [-0.2, 0) is 27.2 Å². The normalized spacial score (nSPS) is 13.5. The van der Waals surface area contributed by atoms with Gasteiger partial charge in [0, 0.05) is 11.3 Å². The number of carbonyl (C=O) groups is 2. The molecule has 0 saturated carbocycles. The molecule has 25 heavy (non-hydrogen) atoms. The molecule has 0 aromatic carbocycles. The zero-order valence-electron chi connectivity index (χ0n) is 13.8. The van der Waals surface area contributed by atoms with E-state index in [4.69, 9.17) is 4.74 Å². The molecule has 0 fully saturated rings. The van der Waals surface area contributed by atoms with Gasteiger partial charge in [0.05, 0.1) is 12.4 Å². The lowest BCUT2D eigenvalue weighted by Crippen LogP contribution is -2.31. The van der Waals surface area contributed by atoms with Crippen molar-refractivity contribution in [3.63, 3.8) is 0 Å². The van der Waals surface area contributed by atoms with Crippen LogP contribution in [0.2, 0.25) is 0 Å². The summed E-state index contributed by atoms with van der Waals surface area (Å²) in [6.07, 6.45) is 3.52. The molecule has 0 atom stereocenters. The summed E-state index contributed by atoms with van der Waals surface area (Å²) in [5.41, 5.74) is 1.58. The molecule has 3 rings (SSSR count). The number of carbonyl (C=O) groups excluding carboxylic acids is 2. The highest BCUT2D eigenvalue weighted by atomic mass is 32.2. The number of thioether (sulfide) groups is 1. The van der Waals surface area contributed by atoms with Gasteiger partial charge < -0.3 is 10.1 Å². The highest BCUT2D eigenvalue weighted by Gasteiger charge is 2.20. The molecule has 1 amide bonds. The molecule has 134 valence electrons. The second kappa shape index (κ2) is 7.68. The first-order valence-corrected chi connectivity index (χ1v) is 9.13. The Balaban J connectivity index is 1.71. The zero-order chi connectivity index (χ0) is 17.8. The largest absolute Gasteiger partial charge is 0.465 e. The van der Waals surface area contributed by atoms with E-state index in [9.17, 15) is 14.4 Å². The molecule has 1 aliphatic rings. The van der Waals surface area contributed by atoms with Gasteiger partial charge in [-0.2, -0.15) is 0 Å². The number of ether oxygens (including phenoxy) is 1. The summed E-state index contributed by atoms with van der Waals surface area (Å²) < 4.78 is 6.57. The third-order valence-electron chi connectivity index (χ3n) is 3.91. The van der Waals surface area contributed by atoms with E-state index in [0.29, 0.717) is 10.9 Å². The lowest BCUT2D eigenvalue weighted by Gasteiger charge is -2.16. The van der Waals surface area contributed by atoms with Crippen LogP contribution in [0.5, 0.6) is 0 Å². The van der Waals surface area contributed by atoms with Crippen LogP contribution < -0.4 is 10.9 Å². The van der Waals surface area contributed by atoms with Crippen LogP contribution in [0.1, 0.15) is 31.0 Å². The number of hydrogen-bond acceptors (Lipinski definition) is 7. The van der Waals surface area contributed by atoms with Crippen molar-refractivity contribution in [1.82, 2.24) is 24.9 Å². The van der Waals surface area contributed by atoms with Gasteiger partial charge in [-0.05, 0) is 32.6 Å². The number of nitrogens with one attached hydrogen (secondary N) is 2. The number of amides is 1. The van der Waals surface area contributed by atoms with Crippen LogP contribution in [0.25, 0.3) is 5.78 Å². The highest BCUT2D eigenvalue weighted by molar-refractivity contribution is 7.99. The first kappa shape index (κ1) is 17.5. The van der Waals surface area contributed by atoms with Crippen molar-refractivity contribution in [1.29, 1.82) is 0 Å². The van der Waals surface area contributed by atoms with Crippen LogP contribution >= 0.6 is 11.8 Å². The van der Waals surface area contributed by atoms with Gasteiger partial charge in [-0.3, -0.25) is 23.8 Å². The first-order chi connectivity index (χ1) is 12.1. The van der Waals surface area contributed by atoms with Crippen LogP contribution in [0, 0.1) is 0 Å². The smallest absolute Gasteiger partial charge is 0.325 e. The van der Waals surface area contributed by atoms with Crippen molar-refractivity contribution in [3.8, 4) is 0 Å². The number of fused-ring (bicyclic) bond motifs is 3. The van der Waals surface area contributed by atoms with Crippen LogP contribution in [0.3, 0.4) is 0 Å². The molecule has 9 nitrogen and oxygen atoms in total. The Morgan fingerprint density at radius 2 is 2.12 bits per heavy atom. The van der Waals surface area contributed by atoms with Crippen molar-refractivity contribution in [2.24, 2.45) is 0 Å². The maximum absolute atomic E-state index is 12.1. The van der Waals surface area contributed by atoms with Gasteiger partial charge in [0.2, 0.25) is 11.7 Å². The Morgan fingerprint density at radius 1 is 1.32 bits per heavy atom. The second-order valence-corrected chi connectivity index (χ2v) is 6.54. The number of nitrogens with zero attached hydrogens (tertiary/aromatic N) is 3. The van der Waals surface area contributed by atoms with E-state index in [-0.39, 0.29) is 30.4 Å². The molecule has 2 aromatic rings. The fourth-order valence-corrected chi connectivity index (χ4v) is 3.60. The second-order valence-electron chi connectivity index (χ2n) is 5.60. The van der Waals surface area contributed by atoms with Crippen molar-refractivity contribution in [2.75, 3.05) is 18.9 Å². The predicted octanol–water partition coefficient (Wildman–Crippen LogP) is 0.0678. The Labute approximate surface area is 147 Å². The SMILES string of the molecule is CCOC(=O)CNC(=O)CSc1nnc2[nH]c(=O)c3c(n12)CCCC3. The highest BCUT2D eigenvalue weighted by Crippen LogP contribution is 2.23. The van der Waals surface area contributed by atoms with Crippen molar-refractivity contribution < 1.29 is 14.3 Å². The zero-order valence-corrected chi connectivity index (χ0v) is 14.6. The molecule has 1 aliphatic carbocycles. The predicted molar refractivity (Wildman–Crippen MR) is 90.6 cm³/mol. The summed E-state index contributed by atoms with van der Waals surface area (Å²) in [5, 5.41) is 11.1. The van der Waals surface area contributed by atoms with Gasteiger partial charge in [-0.25, -0.2) is 0 Å². The molecule has 0 spiro atoms. The van der Waals surface area contributed by atoms with E-state index in [2.05, 4.69) is 20.5 Å². The lowest BCUT2D eigenvalue weighted by atomic mass is 9.97. The molecule has 0 aliphatic heterocycles. The fourth-order valence-electron chi connectivity index (χ4n) is 2.81. The van der Waals surface area contributed by atoms with E-state index in [1.807, 2.05) is 4.40 Å². The Morgan fingerprint density at radius 3 is 2.92 bits per heavy atom. The minimum Gasteiger partial charge on any atom is -0.465 e. The summed E-state index contributed by atoms with van der Waals surface area (Å²) in [6.45, 7) is 1.83. The van der Waals surface area contributed by atoms with Crippen LogP contribution in [-0.4, -0.2) is 50.4 Å². The van der Waals surface area contributed by atoms with Gasteiger partial charge in [-0.1, -0.05) is 11.8 Å². The molecule has 2 N–H and O–H groups in total. The molecule has 10 heteroatoms. The number of aryl methyl sites for hydroxylation is 1. The van der Waals surface area contributed by atoms with E-state index < -0.39 is 5.97 Å². The monoisotopic (exact) mass is 365 g/mol. The molecule has 2 aromatic heterocycles. The van der Waals surface area contributed by atoms with E-state index >= 15 is 0 Å². The number of rotatable bonds is 6. The Hall–Kier alpha value is -2.36. The molecular formula is C15H19N5O4S. The Bertz CT molecular complexity index is 859. The molecule has 0 radical (unpaired) electrons. The summed E-state index contributed by atoms with van der Waals surface area (Å²) in [4.78, 5) is 38.0. The van der Waals surface area contributed by atoms with Gasteiger partial charge >= 0.3 is 5.97 Å². The molecule has 0 saturated heterocycles. The van der Waals surface area contributed by atoms with Crippen LogP contribution in [0.4, 0.5) is 0 Å². The van der Waals surface area contributed by atoms with Gasteiger partial charge in [-0.15, -0.1) is 10.2 Å². The topological polar surface area (TPSA) is 118 Å². The summed E-state index contributed by atoms with van der Waals surface area (Å²) >= 11 is 1.21. The fraction of sp³-hybridized carbons (Fsp3) is 0.533. The maximum atomic E-state index is 12.1. The third-order valence-corrected chi connectivity index (χ3v) is 4.84. The lowest BCUT2D eigenvalue weighted by molar-refractivity contribution is -0.143. The number of aromatic amines is 1. The van der Waals surface area contributed by atoms with Crippen LogP contribution in [0.15, 0.2) is 9.95 Å². The third kappa shape index (κ3) is 3.84. The number of esters is 1. The number of hydrogen-bond donors (Lipinski definition) is 2. The van der Waals surface area contributed by atoms with E-state index in [0.717, 1.165) is 36.9 Å². The molecular weight excluding hydrogens is 346 g/mol. The average Bonchev–Trinajstić information content (AvgIpc) is 3.01. The summed E-state index contributed by atoms with van der Waals surface area (Å²) in [6, 6.07) is 0. The number of aromatic nitrogens is 4. The van der Waals surface area contributed by atoms with E-state index in [1.165, 1.54) is 11.8 Å². The van der Waals surface area contributed by atoms with Crippen molar-refractivity contribution in [2.45, 2.75) is 37.8 Å². The maximum Gasteiger partial charge on any atom is 0.325 e. The minimum atomic E-state index is -0.472. The number of H-pyrrole nitrogens is 1. The van der Waals surface area contributed by atoms with Gasteiger partial charge in [0.1, 0.15) is 6.54 Å². The summed E-state index contributed by atoms with van der Waals surface area (Å²) in [7, 11) is 0.